The number of carbonyl (C=O) groups excluding carboxylic acids is 1. The van der Waals surface area contributed by atoms with Crippen molar-refractivity contribution in [3.63, 3.8) is 0 Å². The minimum atomic E-state index is 0.432. The Bertz CT molecular complexity index is 393. The van der Waals surface area contributed by atoms with Crippen LogP contribution in [0.3, 0.4) is 0 Å². The molecule has 56 valence electrons. The summed E-state index contributed by atoms with van der Waals surface area (Å²) in [4.78, 5) is 13.7. The number of hydrogen-bond acceptors (Lipinski definition) is 3. The summed E-state index contributed by atoms with van der Waals surface area (Å²) in [5, 5.41) is 8.49. The number of aldehydes is 1. The van der Waals surface area contributed by atoms with Crippen molar-refractivity contribution in [2.24, 2.45) is 0 Å². The third kappa shape index (κ3) is 1.93. The van der Waals surface area contributed by atoms with Crippen LogP contribution in [0, 0.1) is 23.2 Å². The molecule has 0 aliphatic heterocycles. The summed E-state index contributed by atoms with van der Waals surface area (Å²) < 4.78 is 0. The molecule has 0 atom stereocenters. The molecule has 1 aromatic heterocycles. The number of hydrogen-bond donors (Lipinski definition) is 0. The van der Waals surface area contributed by atoms with Crippen molar-refractivity contribution < 1.29 is 4.79 Å². The van der Waals surface area contributed by atoms with Gasteiger partial charge in [0.05, 0.1) is 11.6 Å². The molecule has 0 unspecified atom stereocenters. The summed E-state index contributed by atoms with van der Waals surface area (Å²) in [6.07, 6.45) is 1.97. The van der Waals surface area contributed by atoms with E-state index in [-0.39, 0.29) is 0 Å². The molecule has 0 aromatic carbocycles. The zero-order valence-corrected chi connectivity index (χ0v) is 6.11. The highest BCUT2D eigenvalue weighted by molar-refractivity contribution is 5.73. The molecule has 0 amide bonds. The van der Waals surface area contributed by atoms with Gasteiger partial charge in [-0.15, -0.1) is 0 Å². The molecule has 0 bridgehead atoms. The number of nitriles is 1. The van der Waals surface area contributed by atoms with Crippen molar-refractivity contribution in [1.82, 2.24) is 4.98 Å². The van der Waals surface area contributed by atoms with E-state index in [1.54, 1.807) is 6.07 Å². The molecule has 0 aliphatic rings. The van der Waals surface area contributed by atoms with Crippen LogP contribution in [-0.2, 0) is 4.79 Å². The van der Waals surface area contributed by atoms with Crippen molar-refractivity contribution in [2.75, 3.05) is 0 Å². The van der Waals surface area contributed by atoms with Gasteiger partial charge in [0.25, 0.3) is 0 Å². The maximum atomic E-state index is 9.87. The van der Waals surface area contributed by atoms with Crippen LogP contribution < -0.4 is 0 Å². The number of aromatic nitrogens is 1. The second kappa shape index (κ2) is 3.90. The first kappa shape index (κ1) is 7.97. The topological polar surface area (TPSA) is 53.8 Å². The summed E-state index contributed by atoms with van der Waals surface area (Å²) in [7, 11) is 0. The van der Waals surface area contributed by atoms with E-state index in [1.807, 2.05) is 6.07 Å². The lowest BCUT2D eigenvalue weighted by Crippen LogP contribution is -1.83. The van der Waals surface area contributed by atoms with Gasteiger partial charge in [0.15, 0.2) is 6.29 Å². The first-order valence-corrected chi connectivity index (χ1v) is 3.18. The highest BCUT2D eigenvalue weighted by Crippen LogP contribution is 1.97. The largest absolute Gasteiger partial charge is 0.289 e. The van der Waals surface area contributed by atoms with Gasteiger partial charge in [-0.3, -0.25) is 4.79 Å². The van der Waals surface area contributed by atoms with E-state index >= 15 is 0 Å². The van der Waals surface area contributed by atoms with Gasteiger partial charge in [-0.1, -0.05) is 0 Å². The Labute approximate surface area is 69.7 Å². The highest BCUT2D eigenvalue weighted by Gasteiger charge is 1.90. The number of nitrogens with zero attached hydrogens (tertiary/aromatic N) is 2. The van der Waals surface area contributed by atoms with E-state index in [4.69, 9.17) is 5.26 Å². The van der Waals surface area contributed by atoms with Crippen molar-refractivity contribution in [3.05, 3.63) is 29.6 Å². The standard InChI is InChI=1S/C9H4N2O/c10-7-8-3-4-11-9(6-8)2-1-5-12/h3-6H. The molecule has 0 N–H and O–H groups in total. The van der Waals surface area contributed by atoms with Crippen LogP contribution in [0.25, 0.3) is 0 Å². The number of carbonyl (C=O) groups is 1. The number of rotatable bonds is 0. The van der Waals surface area contributed by atoms with Crippen LogP contribution in [0.1, 0.15) is 11.3 Å². The quantitative estimate of drug-likeness (QED) is 0.406. The fourth-order valence-corrected chi connectivity index (χ4v) is 0.672. The second-order valence-electron chi connectivity index (χ2n) is 1.93. The Morgan fingerprint density at radius 1 is 1.58 bits per heavy atom. The Morgan fingerprint density at radius 2 is 2.42 bits per heavy atom. The zero-order valence-electron chi connectivity index (χ0n) is 6.11. The van der Waals surface area contributed by atoms with Crippen LogP contribution >= 0.6 is 0 Å². The molecule has 0 spiro atoms. The first-order chi connectivity index (χ1) is 5.86. The van der Waals surface area contributed by atoms with Crippen LogP contribution in [0.4, 0.5) is 0 Å². The van der Waals surface area contributed by atoms with E-state index in [0.717, 1.165) is 0 Å². The predicted octanol–water partition coefficient (Wildman–Crippen LogP) is 0.504. The first-order valence-electron chi connectivity index (χ1n) is 3.18. The minimum Gasteiger partial charge on any atom is -0.289 e. The molecule has 1 aromatic rings. The molecule has 0 aliphatic carbocycles. The summed E-state index contributed by atoms with van der Waals surface area (Å²) in [5.74, 6) is 4.70. The Balaban J connectivity index is 3.03. The molecule has 0 fully saturated rings. The fourth-order valence-electron chi connectivity index (χ4n) is 0.672. The van der Waals surface area contributed by atoms with Gasteiger partial charge in [0.1, 0.15) is 5.69 Å². The highest BCUT2D eigenvalue weighted by atomic mass is 16.1. The van der Waals surface area contributed by atoms with E-state index < -0.39 is 0 Å². The average molecular weight is 156 g/mol. The maximum Gasteiger partial charge on any atom is 0.193 e. The molecule has 1 rings (SSSR count). The van der Waals surface area contributed by atoms with Gasteiger partial charge in [0.2, 0.25) is 0 Å². The monoisotopic (exact) mass is 156 g/mol. The lowest BCUT2D eigenvalue weighted by atomic mass is 10.2. The summed E-state index contributed by atoms with van der Waals surface area (Å²) in [6.45, 7) is 0. The van der Waals surface area contributed by atoms with Crippen LogP contribution in [0.5, 0.6) is 0 Å². The third-order valence-electron chi connectivity index (χ3n) is 1.15. The maximum absolute atomic E-state index is 9.87. The van der Waals surface area contributed by atoms with E-state index in [2.05, 4.69) is 16.8 Å². The van der Waals surface area contributed by atoms with Gasteiger partial charge in [-0.05, 0) is 24.0 Å². The van der Waals surface area contributed by atoms with Gasteiger partial charge < -0.3 is 0 Å². The molecular formula is C9H4N2O. The fraction of sp³-hybridized carbons (Fsp3) is 0. The van der Waals surface area contributed by atoms with E-state index in [9.17, 15) is 4.79 Å². The van der Waals surface area contributed by atoms with Gasteiger partial charge in [0, 0.05) is 6.20 Å². The Hall–Kier alpha value is -2.13. The Morgan fingerprint density at radius 3 is 3.08 bits per heavy atom. The van der Waals surface area contributed by atoms with Crippen LogP contribution in [0.2, 0.25) is 0 Å². The average Bonchev–Trinajstić information content (AvgIpc) is 2.15. The van der Waals surface area contributed by atoms with E-state index in [0.29, 0.717) is 17.5 Å². The lowest BCUT2D eigenvalue weighted by Gasteiger charge is -1.87. The molecule has 3 heteroatoms. The third-order valence-corrected chi connectivity index (χ3v) is 1.15. The van der Waals surface area contributed by atoms with Gasteiger partial charge >= 0.3 is 0 Å². The molecule has 0 saturated carbocycles. The van der Waals surface area contributed by atoms with Gasteiger partial charge in [-0.2, -0.15) is 5.26 Å². The van der Waals surface area contributed by atoms with Crippen molar-refractivity contribution >= 4 is 6.29 Å². The van der Waals surface area contributed by atoms with Crippen LogP contribution in [0.15, 0.2) is 18.3 Å². The number of pyridine rings is 1. The van der Waals surface area contributed by atoms with Gasteiger partial charge in [-0.25, -0.2) is 4.98 Å². The molecule has 1 heterocycles. The minimum absolute atomic E-state index is 0.432. The Kier molecular flexibility index (Phi) is 2.59. The van der Waals surface area contributed by atoms with Crippen molar-refractivity contribution in [2.45, 2.75) is 0 Å². The molecule has 0 radical (unpaired) electrons. The zero-order chi connectivity index (χ0) is 8.81. The normalized spacial score (nSPS) is 7.58. The second-order valence-corrected chi connectivity index (χ2v) is 1.93. The van der Waals surface area contributed by atoms with E-state index in [1.165, 1.54) is 12.3 Å². The summed E-state index contributed by atoms with van der Waals surface area (Å²) >= 11 is 0. The predicted molar refractivity (Wildman–Crippen MR) is 41.9 cm³/mol. The summed E-state index contributed by atoms with van der Waals surface area (Å²) in [6, 6.07) is 5.05. The smallest absolute Gasteiger partial charge is 0.193 e. The lowest BCUT2D eigenvalue weighted by molar-refractivity contribution is -0.103. The van der Waals surface area contributed by atoms with Crippen molar-refractivity contribution in [3.8, 4) is 17.9 Å². The molecule has 12 heavy (non-hydrogen) atoms. The molecular weight excluding hydrogens is 152 g/mol. The molecule has 3 nitrogen and oxygen atoms in total. The molecule has 0 saturated heterocycles. The SMILES string of the molecule is N#Cc1ccnc(C#CC=O)c1. The summed E-state index contributed by atoms with van der Waals surface area (Å²) in [5.41, 5.74) is 0.918. The van der Waals surface area contributed by atoms with Crippen molar-refractivity contribution in [1.29, 1.82) is 5.26 Å². The van der Waals surface area contributed by atoms with Crippen LogP contribution in [-0.4, -0.2) is 11.3 Å².